The standard InChI is InChI=1S/C20H29ClN6O.C13H18ClNO.C8H11N3OS.C2H4O2.ClH/c1-28-18-7-6-17(12-14-2-4-15(21)5-3-14)27(13-18)16-8-10-26(11-9-16)20-23-19(22)24-25-20;1-16-13-7-6-12(15-9-13)8-10-2-4-11(14)5-3-10;1-13-8(10-6-9)11-4-2-7(12)3-5-11;1-2(3)4;/h2-5,16-18H,6-13H2,1H3,(H3,22,23,24,25);2-5,12-13,15H,6-9H2,1H3;2-5H2,1H3;1H3,(H,3,4);1H/t17-,18-;12-,13-;;;/m11.../s1. The molecule has 0 unspecified atom stereocenters. The molecule has 0 spiro atoms. The van der Waals surface area contributed by atoms with E-state index < -0.39 is 5.97 Å². The van der Waals surface area contributed by atoms with Crippen LogP contribution in [-0.4, -0.2) is 137 Å². The van der Waals surface area contributed by atoms with E-state index in [0.717, 1.165) is 86.8 Å². The van der Waals surface area contributed by atoms with Gasteiger partial charge in [0.1, 0.15) is 5.78 Å². The fourth-order valence-corrected chi connectivity index (χ4v) is 8.81. The molecule has 4 atom stereocenters. The number of ketones is 1. The van der Waals surface area contributed by atoms with Crippen molar-refractivity contribution in [1.29, 1.82) is 5.26 Å². The van der Waals surface area contributed by atoms with Gasteiger partial charge >= 0.3 is 0 Å². The lowest BCUT2D eigenvalue weighted by Crippen LogP contribution is -2.55. The maximum absolute atomic E-state index is 10.9. The van der Waals surface area contributed by atoms with E-state index in [4.69, 9.17) is 53.6 Å². The molecule has 0 bridgehead atoms. The maximum Gasteiger partial charge on any atom is 0.300 e. The van der Waals surface area contributed by atoms with Crippen LogP contribution in [0.3, 0.4) is 0 Å². The van der Waals surface area contributed by atoms with Crippen molar-refractivity contribution in [2.75, 3.05) is 70.4 Å². The van der Waals surface area contributed by atoms with E-state index in [1.165, 1.54) is 35.7 Å². The van der Waals surface area contributed by atoms with Crippen LogP contribution in [-0.2, 0) is 31.9 Å². The number of likely N-dealkylation sites (tertiary alicyclic amines) is 2. The van der Waals surface area contributed by atoms with Crippen molar-refractivity contribution < 1.29 is 24.2 Å². The fourth-order valence-electron chi connectivity index (χ4n) is 7.98. The van der Waals surface area contributed by atoms with Crippen LogP contribution in [0, 0.1) is 11.5 Å². The topological polar surface area (TPSA) is 198 Å². The molecule has 5 heterocycles. The van der Waals surface area contributed by atoms with Crippen molar-refractivity contribution in [1.82, 2.24) is 30.3 Å². The molecule has 342 valence electrons. The van der Waals surface area contributed by atoms with Gasteiger partial charge < -0.3 is 35.4 Å². The van der Waals surface area contributed by atoms with Gasteiger partial charge in [0.25, 0.3) is 5.97 Å². The molecule has 19 heteroatoms. The number of amidine groups is 1. The van der Waals surface area contributed by atoms with Gasteiger partial charge in [-0.1, -0.05) is 59.2 Å². The minimum Gasteiger partial charge on any atom is -0.481 e. The Morgan fingerprint density at radius 1 is 0.935 bits per heavy atom. The SMILES string of the molecule is CC(=O)O.CO[C@@H]1CC[C@H](Cc2ccc(Cl)cc2)N(C2CCN(c3n[nH]c(N)n3)CC2)C1.CO[C@@H]1CC[C@H](Cc2ccc(Cl)cc2)NC1.CSC(=NC#N)N1CCC(=O)CC1.Cl. The van der Waals surface area contributed by atoms with Crippen molar-refractivity contribution in [3.8, 4) is 6.19 Å². The van der Waals surface area contributed by atoms with Crippen LogP contribution in [0.5, 0.6) is 0 Å². The van der Waals surface area contributed by atoms with Gasteiger partial charge in [-0.2, -0.15) is 10.2 Å². The number of piperidine rings is 4. The average Bonchev–Trinajstić information content (AvgIpc) is 3.71. The van der Waals surface area contributed by atoms with E-state index in [2.05, 4.69) is 59.6 Å². The number of halogens is 3. The van der Waals surface area contributed by atoms with Gasteiger partial charge in [-0.15, -0.1) is 22.5 Å². The lowest BCUT2D eigenvalue weighted by atomic mass is 9.90. The third kappa shape index (κ3) is 18.2. The van der Waals surface area contributed by atoms with Crippen molar-refractivity contribution in [3.05, 3.63) is 69.7 Å². The molecule has 0 aliphatic carbocycles. The van der Waals surface area contributed by atoms with Crippen LogP contribution in [0.4, 0.5) is 11.9 Å². The number of benzene rings is 2. The monoisotopic (exact) mass is 936 g/mol. The lowest BCUT2D eigenvalue weighted by Gasteiger charge is -2.46. The van der Waals surface area contributed by atoms with E-state index in [9.17, 15) is 4.79 Å². The molecule has 4 aliphatic heterocycles. The van der Waals surface area contributed by atoms with Crippen molar-refractivity contribution >= 4 is 76.2 Å². The molecule has 5 N–H and O–H groups in total. The highest BCUT2D eigenvalue weighted by Gasteiger charge is 2.35. The Kier molecular flexibility index (Phi) is 24.0. The Bertz CT molecular complexity index is 1820. The number of carbonyl (C=O) groups is 2. The first-order chi connectivity index (χ1) is 29.4. The lowest BCUT2D eigenvalue weighted by molar-refractivity contribution is -0.134. The molecular formula is C43H63Cl3N10O5S. The summed E-state index contributed by atoms with van der Waals surface area (Å²) >= 11 is 13.4. The fraction of sp³-hybridized carbons (Fsp3) is 0.581. The zero-order valence-electron chi connectivity index (χ0n) is 36.2. The smallest absolute Gasteiger partial charge is 0.300 e. The van der Waals surface area contributed by atoms with Crippen LogP contribution in [0.2, 0.25) is 10.0 Å². The van der Waals surface area contributed by atoms with Crippen molar-refractivity contribution in [2.24, 2.45) is 4.99 Å². The predicted molar refractivity (Wildman–Crippen MR) is 252 cm³/mol. The molecule has 1 aromatic heterocycles. The normalized spacial score (nSPS) is 22.0. The zero-order chi connectivity index (χ0) is 44.1. The number of methoxy groups -OCH3 is 2. The van der Waals surface area contributed by atoms with Gasteiger partial charge in [0.15, 0.2) is 5.17 Å². The highest BCUT2D eigenvalue weighted by Crippen LogP contribution is 2.30. The molecule has 7 rings (SSSR count). The number of hydrogen-bond acceptors (Lipinski definition) is 13. The second-order valence-corrected chi connectivity index (χ2v) is 17.1. The number of nitrogens with two attached hydrogens (primary N) is 1. The highest BCUT2D eigenvalue weighted by molar-refractivity contribution is 8.13. The Balaban J connectivity index is 0.000000256. The van der Waals surface area contributed by atoms with Gasteiger partial charge in [-0.25, -0.2) is 5.10 Å². The summed E-state index contributed by atoms with van der Waals surface area (Å²) in [4.78, 5) is 34.8. The summed E-state index contributed by atoms with van der Waals surface area (Å²) in [7, 11) is 3.62. The Morgan fingerprint density at radius 3 is 1.98 bits per heavy atom. The van der Waals surface area contributed by atoms with Crippen molar-refractivity contribution in [3.63, 3.8) is 0 Å². The first-order valence-corrected chi connectivity index (χ1v) is 22.8. The van der Waals surface area contributed by atoms with Crippen LogP contribution < -0.4 is 16.0 Å². The number of aromatic amines is 1. The van der Waals surface area contributed by atoms with Gasteiger partial charge in [0.2, 0.25) is 18.1 Å². The zero-order valence-corrected chi connectivity index (χ0v) is 39.3. The third-order valence-electron chi connectivity index (χ3n) is 11.3. The molecule has 4 fully saturated rings. The van der Waals surface area contributed by atoms with Gasteiger partial charge in [0.05, 0.1) is 12.2 Å². The van der Waals surface area contributed by atoms with E-state index in [1.807, 2.05) is 42.5 Å². The van der Waals surface area contributed by atoms with Crippen LogP contribution in [0.15, 0.2) is 53.5 Å². The summed E-state index contributed by atoms with van der Waals surface area (Å²) in [6.07, 6.45) is 14.5. The number of nitriles is 1. The van der Waals surface area contributed by atoms with E-state index in [0.29, 0.717) is 73.9 Å². The quantitative estimate of drug-likeness (QED) is 0.105. The van der Waals surface area contributed by atoms with Crippen LogP contribution >= 0.6 is 47.4 Å². The summed E-state index contributed by atoms with van der Waals surface area (Å²) in [6.45, 7) is 6.34. The number of rotatable bonds is 8. The third-order valence-corrected chi connectivity index (χ3v) is 12.5. The Morgan fingerprint density at radius 2 is 1.50 bits per heavy atom. The van der Waals surface area contributed by atoms with Crippen molar-refractivity contribution in [2.45, 2.75) is 101 Å². The average molecular weight is 938 g/mol. The molecule has 4 saturated heterocycles. The summed E-state index contributed by atoms with van der Waals surface area (Å²) in [5.74, 6) is 0.551. The summed E-state index contributed by atoms with van der Waals surface area (Å²) in [5, 5.41) is 28.6. The molecule has 0 amide bonds. The Labute approximate surface area is 386 Å². The molecule has 0 radical (unpaired) electrons. The number of aliphatic carboxylic acids is 1. The molecule has 3 aromatic rings. The predicted octanol–water partition coefficient (Wildman–Crippen LogP) is 6.74. The summed E-state index contributed by atoms with van der Waals surface area (Å²) < 4.78 is 11.0. The number of Topliss-reactive ketones (excluding diaryl/α,β-unsaturated/α-hetero) is 1. The van der Waals surface area contributed by atoms with E-state index in [-0.39, 0.29) is 12.4 Å². The molecule has 2 aromatic carbocycles. The minimum absolute atomic E-state index is 0. The van der Waals surface area contributed by atoms with Gasteiger partial charge in [-0.3, -0.25) is 14.5 Å². The first kappa shape index (κ1) is 52.7. The number of H-pyrrole nitrogens is 1. The van der Waals surface area contributed by atoms with Crippen LogP contribution in [0.1, 0.15) is 69.4 Å². The van der Waals surface area contributed by atoms with E-state index in [1.54, 1.807) is 13.3 Å². The second-order valence-electron chi connectivity index (χ2n) is 15.5. The largest absolute Gasteiger partial charge is 0.481 e. The maximum atomic E-state index is 10.9. The van der Waals surface area contributed by atoms with Gasteiger partial charge in [0, 0.05) is 101 Å². The molecule has 62 heavy (non-hydrogen) atoms. The number of carboxylic acids is 1. The number of carbonyl (C=O) groups excluding carboxylic acids is 1. The number of hydrogen-bond donors (Lipinski definition) is 4. The molecule has 4 aliphatic rings. The minimum atomic E-state index is -0.833. The summed E-state index contributed by atoms with van der Waals surface area (Å²) in [6, 6.07) is 18.1. The summed E-state index contributed by atoms with van der Waals surface area (Å²) in [5.41, 5.74) is 8.37. The number of carboxylic acid groups (broad SMARTS) is 1. The number of nitrogen functional groups attached to an aromatic ring is 1. The molecular weight excluding hydrogens is 875 g/mol. The Hall–Kier alpha value is -3.66. The number of ether oxygens (including phenoxy) is 2. The van der Waals surface area contributed by atoms with Gasteiger partial charge in [-0.05, 0) is 93.0 Å². The number of nitrogens with zero attached hydrogens (tertiary/aromatic N) is 7. The molecule has 15 nitrogen and oxygen atoms in total. The number of anilines is 2. The van der Waals surface area contributed by atoms with E-state index >= 15 is 0 Å². The first-order valence-electron chi connectivity index (χ1n) is 20.8. The number of aliphatic imine (C=N–C) groups is 1. The van der Waals surface area contributed by atoms with Crippen LogP contribution in [0.25, 0.3) is 0 Å². The number of aromatic nitrogens is 3. The second kappa shape index (κ2) is 28.2. The molecule has 0 saturated carbocycles. The highest BCUT2D eigenvalue weighted by atomic mass is 35.5. The number of thioether (sulfide) groups is 1. The number of nitrogens with one attached hydrogen (secondary N) is 2.